The van der Waals surface area contributed by atoms with Gasteiger partial charge in [-0.3, -0.25) is 0 Å². The smallest absolute Gasteiger partial charge is 0.322 e. The zero-order chi connectivity index (χ0) is 16.7. The van der Waals surface area contributed by atoms with Crippen LogP contribution in [-0.4, -0.2) is 22.5 Å². The largest absolute Gasteiger partial charge is 0.359 e. The molecule has 0 fully saturated rings. The van der Waals surface area contributed by atoms with Gasteiger partial charge in [0.2, 0.25) is 0 Å². The maximum absolute atomic E-state index is 13.4. The number of carbonyl (C=O) groups is 1. The van der Waals surface area contributed by atoms with Gasteiger partial charge in [0.25, 0.3) is 0 Å². The Morgan fingerprint density at radius 2 is 2.08 bits per heavy atom. The number of fused-ring (bicyclic) bond motifs is 2. The van der Waals surface area contributed by atoms with E-state index >= 15 is 0 Å². The van der Waals surface area contributed by atoms with Crippen molar-refractivity contribution in [3.63, 3.8) is 0 Å². The van der Waals surface area contributed by atoms with Gasteiger partial charge in [-0.1, -0.05) is 22.0 Å². The van der Waals surface area contributed by atoms with Crippen LogP contribution in [0.3, 0.4) is 0 Å². The molecule has 2 amide bonds. The molecule has 4 rings (SSSR count). The summed E-state index contributed by atoms with van der Waals surface area (Å²) in [6.07, 6.45) is 2.52. The second-order valence-electron chi connectivity index (χ2n) is 5.91. The Morgan fingerprint density at radius 1 is 1.21 bits per heavy atom. The SMILES string of the molecule is O=C(Nc1c[nH]c2ccc(F)cc12)N1CCc2cc(Br)ccc2C1. The first-order valence-electron chi connectivity index (χ1n) is 7.70. The van der Waals surface area contributed by atoms with Gasteiger partial charge in [0.15, 0.2) is 0 Å². The van der Waals surface area contributed by atoms with Crippen molar-refractivity contribution in [1.29, 1.82) is 0 Å². The van der Waals surface area contributed by atoms with Crippen molar-refractivity contribution in [2.24, 2.45) is 0 Å². The first-order chi connectivity index (χ1) is 11.6. The lowest BCUT2D eigenvalue weighted by Gasteiger charge is -2.29. The van der Waals surface area contributed by atoms with Crippen LogP contribution in [0.5, 0.6) is 0 Å². The standard InChI is InChI=1S/C18H15BrFN3O/c19-13-2-1-12-10-23(6-5-11(12)7-13)18(24)22-17-9-21-16-4-3-14(20)8-15(16)17/h1-4,7-9,21H,5-6,10H2,(H,22,24). The Bertz CT molecular complexity index is 937. The van der Waals surface area contributed by atoms with Gasteiger partial charge in [-0.2, -0.15) is 0 Å². The zero-order valence-corrected chi connectivity index (χ0v) is 14.4. The van der Waals surface area contributed by atoms with Crippen LogP contribution in [0, 0.1) is 5.82 Å². The van der Waals surface area contributed by atoms with Crippen LogP contribution in [0.1, 0.15) is 11.1 Å². The summed E-state index contributed by atoms with van der Waals surface area (Å²) in [5.41, 5.74) is 3.81. The van der Waals surface area contributed by atoms with Crippen molar-refractivity contribution >= 4 is 38.6 Å². The van der Waals surface area contributed by atoms with Gasteiger partial charge in [0.05, 0.1) is 5.69 Å². The van der Waals surface area contributed by atoms with E-state index in [2.05, 4.69) is 32.3 Å². The van der Waals surface area contributed by atoms with Gasteiger partial charge in [0, 0.05) is 34.7 Å². The fourth-order valence-corrected chi connectivity index (χ4v) is 3.49. The number of amides is 2. The first kappa shape index (κ1) is 15.2. The molecule has 1 aliphatic rings. The number of benzene rings is 2. The summed E-state index contributed by atoms with van der Waals surface area (Å²) in [6.45, 7) is 1.23. The molecule has 2 heterocycles. The van der Waals surface area contributed by atoms with E-state index in [1.807, 2.05) is 12.1 Å². The Hall–Kier alpha value is -2.34. The molecule has 0 saturated heterocycles. The lowest BCUT2D eigenvalue weighted by atomic mass is 10.0. The topological polar surface area (TPSA) is 48.1 Å². The molecule has 0 bridgehead atoms. The molecule has 0 atom stereocenters. The van der Waals surface area contributed by atoms with Crippen LogP contribution in [0.25, 0.3) is 10.9 Å². The predicted octanol–water partition coefficient (Wildman–Crippen LogP) is 4.66. The minimum absolute atomic E-state index is 0.172. The third-order valence-electron chi connectivity index (χ3n) is 4.35. The first-order valence-corrected chi connectivity index (χ1v) is 8.49. The van der Waals surface area contributed by atoms with Gasteiger partial charge in [0.1, 0.15) is 5.82 Å². The Kier molecular flexibility index (Phi) is 3.76. The number of rotatable bonds is 1. The predicted molar refractivity (Wildman–Crippen MR) is 95.5 cm³/mol. The summed E-state index contributed by atoms with van der Waals surface area (Å²) in [5, 5.41) is 3.55. The van der Waals surface area contributed by atoms with E-state index in [0.29, 0.717) is 24.2 Å². The van der Waals surface area contributed by atoms with E-state index in [-0.39, 0.29) is 11.8 Å². The number of aromatic nitrogens is 1. The highest BCUT2D eigenvalue weighted by Gasteiger charge is 2.21. The lowest BCUT2D eigenvalue weighted by Crippen LogP contribution is -2.38. The number of nitrogens with one attached hydrogen (secondary N) is 2. The van der Waals surface area contributed by atoms with Crippen LogP contribution < -0.4 is 5.32 Å². The van der Waals surface area contributed by atoms with Crippen LogP contribution in [-0.2, 0) is 13.0 Å². The monoisotopic (exact) mass is 387 g/mol. The van der Waals surface area contributed by atoms with Crippen molar-refractivity contribution in [3.05, 3.63) is 64.0 Å². The molecule has 4 nitrogen and oxygen atoms in total. The number of urea groups is 1. The van der Waals surface area contributed by atoms with Crippen molar-refractivity contribution in [3.8, 4) is 0 Å². The summed E-state index contributed by atoms with van der Waals surface area (Å²) in [4.78, 5) is 17.4. The van der Waals surface area contributed by atoms with E-state index in [0.717, 1.165) is 22.0 Å². The fourth-order valence-electron chi connectivity index (χ4n) is 3.09. The fraction of sp³-hybridized carbons (Fsp3) is 0.167. The highest BCUT2D eigenvalue weighted by molar-refractivity contribution is 9.10. The van der Waals surface area contributed by atoms with E-state index in [4.69, 9.17) is 0 Å². The van der Waals surface area contributed by atoms with Crippen LogP contribution in [0.15, 0.2) is 47.1 Å². The molecule has 1 aliphatic heterocycles. The summed E-state index contributed by atoms with van der Waals surface area (Å²) < 4.78 is 14.5. The van der Waals surface area contributed by atoms with Gasteiger partial charge >= 0.3 is 6.03 Å². The quantitative estimate of drug-likeness (QED) is 0.626. The Labute approximate surface area is 146 Å². The molecule has 24 heavy (non-hydrogen) atoms. The summed E-state index contributed by atoms with van der Waals surface area (Å²) in [6, 6.07) is 10.4. The number of nitrogens with zero attached hydrogens (tertiary/aromatic N) is 1. The third kappa shape index (κ3) is 2.78. The average molecular weight is 388 g/mol. The highest BCUT2D eigenvalue weighted by atomic mass is 79.9. The van der Waals surface area contributed by atoms with Crippen LogP contribution in [0.4, 0.5) is 14.9 Å². The summed E-state index contributed by atoms with van der Waals surface area (Å²) in [7, 11) is 0. The second kappa shape index (κ2) is 5.94. The molecule has 1 aromatic heterocycles. The molecule has 2 aromatic carbocycles. The van der Waals surface area contributed by atoms with Gasteiger partial charge in [-0.15, -0.1) is 0 Å². The van der Waals surface area contributed by atoms with E-state index in [1.165, 1.54) is 17.7 Å². The number of H-pyrrole nitrogens is 1. The normalized spacial score (nSPS) is 13.8. The van der Waals surface area contributed by atoms with Gasteiger partial charge < -0.3 is 15.2 Å². The van der Waals surface area contributed by atoms with Crippen LogP contribution >= 0.6 is 15.9 Å². The molecule has 6 heteroatoms. The van der Waals surface area contributed by atoms with Crippen molar-refractivity contribution < 1.29 is 9.18 Å². The molecule has 0 radical (unpaired) electrons. The van der Waals surface area contributed by atoms with E-state index in [1.54, 1.807) is 17.2 Å². The second-order valence-corrected chi connectivity index (χ2v) is 6.82. The van der Waals surface area contributed by atoms with E-state index < -0.39 is 0 Å². The minimum Gasteiger partial charge on any atom is -0.359 e. The molecule has 0 spiro atoms. The molecule has 2 N–H and O–H groups in total. The maximum atomic E-state index is 13.4. The highest BCUT2D eigenvalue weighted by Crippen LogP contribution is 2.26. The summed E-state index contributed by atoms with van der Waals surface area (Å²) >= 11 is 3.48. The third-order valence-corrected chi connectivity index (χ3v) is 4.85. The maximum Gasteiger partial charge on any atom is 0.322 e. The number of aromatic amines is 1. The number of hydrogen-bond donors (Lipinski definition) is 2. The Morgan fingerprint density at radius 3 is 2.96 bits per heavy atom. The number of hydrogen-bond acceptors (Lipinski definition) is 1. The Balaban J connectivity index is 1.54. The minimum atomic E-state index is -0.324. The number of anilines is 1. The molecular weight excluding hydrogens is 373 g/mol. The zero-order valence-electron chi connectivity index (χ0n) is 12.8. The van der Waals surface area contributed by atoms with Crippen LogP contribution in [0.2, 0.25) is 0 Å². The van der Waals surface area contributed by atoms with Gasteiger partial charge in [-0.05, 0) is 47.9 Å². The van der Waals surface area contributed by atoms with Crippen molar-refractivity contribution in [2.45, 2.75) is 13.0 Å². The molecule has 0 aliphatic carbocycles. The average Bonchev–Trinajstić information content (AvgIpc) is 2.96. The molecule has 122 valence electrons. The van der Waals surface area contributed by atoms with E-state index in [9.17, 15) is 9.18 Å². The molecule has 0 saturated carbocycles. The molecule has 0 unspecified atom stereocenters. The van der Waals surface area contributed by atoms with Crippen molar-refractivity contribution in [1.82, 2.24) is 9.88 Å². The molecular formula is C18H15BrFN3O. The van der Waals surface area contributed by atoms with Crippen molar-refractivity contribution in [2.75, 3.05) is 11.9 Å². The lowest BCUT2D eigenvalue weighted by molar-refractivity contribution is 0.206. The summed E-state index contributed by atoms with van der Waals surface area (Å²) in [5.74, 6) is -0.324. The number of halogens is 2. The number of carbonyl (C=O) groups excluding carboxylic acids is 1. The van der Waals surface area contributed by atoms with Gasteiger partial charge in [-0.25, -0.2) is 9.18 Å². The molecule has 3 aromatic rings.